The summed E-state index contributed by atoms with van der Waals surface area (Å²) in [6.07, 6.45) is 0.641. The predicted molar refractivity (Wildman–Crippen MR) is 81.5 cm³/mol. The highest BCUT2D eigenvalue weighted by atomic mass is 32.2. The van der Waals surface area contributed by atoms with Gasteiger partial charge in [-0.15, -0.1) is 0 Å². The lowest BCUT2D eigenvalue weighted by Crippen LogP contribution is -2.39. The lowest BCUT2D eigenvalue weighted by atomic mass is 10.3. The molecule has 0 aliphatic heterocycles. The Labute approximate surface area is 121 Å². The van der Waals surface area contributed by atoms with E-state index in [1.807, 2.05) is 37.3 Å². The third kappa shape index (κ3) is 6.36. The molecule has 0 heterocycles. The Balaban J connectivity index is 2.20. The first-order valence-electron chi connectivity index (χ1n) is 6.93. The summed E-state index contributed by atoms with van der Waals surface area (Å²) in [7, 11) is -3.25. The van der Waals surface area contributed by atoms with Crippen LogP contribution in [-0.2, 0) is 10.0 Å². The van der Waals surface area contributed by atoms with E-state index in [-0.39, 0.29) is 0 Å². The second kappa shape index (κ2) is 8.94. The molecule has 20 heavy (non-hydrogen) atoms. The second-order valence-corrected chi connectivity index (χ2v) is 6.76. The number of hydrogen-bond acceptors (Lipinski definition) is 4. The van der Waals surface area contributed by atoms with Gasteiger partial charge in [-0.25, -0.2) is 13.1 Å². The van der Waals surface area contributed by atoms with E-state index >= 15 is 0 Å². The molecule has 2 N–H and O–H groups in total. The minimum atomic E-state index is -3.25. The molecule has 0 fully saturated rings. The Bertz CT molecular complexity index is 463. The van der Waals surface area contributed by atoms with E-state index in [1.165, 1.54) is 0 Å². The summed E-state index contributed by atoms with van der Waals surface area (Å²) in [6.45, 7) is 5.77. The van der Waals surface area contributed by atoms with E-state index in [0.29, 0.717) is 26.1 Å². The van der Waals surface area contributed by atoms with E-state index in [2.05, 4.69) is 10.0 Å². The zero-order chi connectivity index (χ0) is 14.8. The molecule has 0 amide bonds. The van der Waals surface area contributed by atoms with Gasteiger partial charge in [0.1, 0.15) is 5.75 Å². The summed E-state index contributed by atoms with van der Waals surface area (Å²) < 4.78 is 31.9. The van der Waals surface area contributed by atoms with Crippen LogP contribution in [0.15, 0.2) is 30.3 Å². The molecule has 0 aliphatic carbocycles. The molecule has 0 spiro atoms. The highest BCUT2D eigenvalue weighted by Crippen LogP contribution is 2.08. The fraction of sp³-hybridized carbons (Fsp3) is 0.571. The maximum atomic E-state index is 11.9. The van der Waals surface area contributed by atoms with Crippen molar-refractivity contribution in [1.29, 1.82) is 0 Å². The SMILES string of the molecule is CCNCC(C)S(=O)(=O)NCCCOc1ccccc1. The summed E-state index contributed by atoms with van der Waals surface area (Å²) >= 11 is 0. The lowest BCUT2D eigenvalue weighted by molar-refractivity contribution is 0.311. The normalized spacial score (nSPS) is 13.1. The van der Waals surface area contributed by atoms with Gasteiger partial charge in [-0.05, 0) is 32.0 Å². The third-order valence-electron chi connectivity index (χ3n) is 2.85. The predicted octanol–water partition coefficient (Wildman–Crippen LogP) is 1.37. The zero-order valence-corrected chi connectivity index (χ0v) is 12.9. The molecular formula is C14H24N2O3S. The first kappa shape index (κ1) is 16.9. The first-order valence-corrected chi connectivity index (χ1v) is 8.48. The largest absolute Gasteiger partial charge is 0.494 e. The van der Waals surface area contributed by atoms with Crippen LogP contribution in [0.2, 0.25) is 0 Å². The average Bonchev–Trinajstić information content (AvgIpc) is 2.45. The third-order valence-corrected chi connectivity index (χ3v) is 4.68. The number of benzene rings is 1. The van der Waals surface area contributed by atoms with Crippen molar-refractivity contribution >= 4 is 10.0 Å². The Morgan fingerprint density at radius 2 is 1.95 bits per heavy atom. The van der Waals surface area contributed by atoms with Gasteiger partial charge in [-0.3, -0.25) is 0 Å². The Hall–Kier alpha value is -1.11. The smallest absolute Gasteiger partial charge is 0.215 e. The molecule has 0 saturated carbocycles. The number of rotatable bonds is 10. The number of para-hydroxylation sites is 1. The summed E-state index contributed by atoms with van der Waals surface area (Å²) in [5.74, 6) is 0.802. The van der Waals surface area contributed by atoms with E-state index in [9.17, 15) is 8.42 Å². The molecule has 1 rings (SSSR count). The molecule has 1 aromatic rings. The van der Waals surface area contributed by atoms with Crippen LogP contribution in [0.25, 0.3) is 0 Å². The van der Waals surface area contributed by atoms with Crippen LogP contribution in [0.5, 0.6) is 5.75 Å². The van der Waals surface area contributed by atoms with Gasteiger partial charge in [0.05, 0.1) is 11.9 Å². The van der Waals surface area contributed by atoms with Gasteiger partial charge in [0.2, 0.25) is 10.0 Å². The minimum Gasteiger partial charge on any atom is -0.494 e. The number of ether oxygens (including phenoxy) is 1. The van der Waals surface area contributed by atoms with Crippen LogP contribution >= 0.6 is 0 Å². The molecular weight excluding hydrogens is 276 g/mol. The highest BCUT2D eigenvalue weighted by Gasteiger charge is 2.18. The molecule has 0 saturated heterocycles. The van der Waals surface area contributed by atoms with Gasteiger partial charge in [-0.2, -0.15) is 0 Å². The molecule has 1 aromatic carbocycles. The van der Waals surface area contributed by atoms with Gasteiger partial charge in [0, 0.05) is 13.1 Å². The number of hydrogen-bond donors (Lipinski definition) is 2. The zero-order valence-electron chi connectivity index (χ0n) is 12.1. The van der Waals surface area contributed by atoms with Gasteiger partial charge in [-0.1, -0.05) is 25.1 Å². The molecule has 114 valence electrons. The molecule has 6 heteroatoms. The van der Waals surface area contributed by atoms with Crippen molar-refractivity contribution in [3.8, 4) is 5.75 Å². The van der Waals surface area contributed by atoms with Crippen LogP contribution in [0.3, 0.4) is 0 Å². The van der Waals surface area contributed by atoms with E-state index in [4.69, 9.17) is 4.74 Å². The topological polar surface area (TPSA) is 67.4 Å². The molecule has 0 aliphatic rings. The lowest BCUT2D eigenvalue weighted by Gasteiger charge is -2.14. The van der Waals surface area contributed by atoms with Crippen molar-refractivity contribution in [2.75, 3.05) is 26.2 Å². The van der Waals surface area contributed by atoms with Crippen LogP contribution < -0.4 is 14.8 Å². The Morgan fingerprint density at radius 3 is 2.60 bits per heavy atom. The number of nitrogens with one attached hydrogen (secondary N) is 2. The molecule has 0 aromatic heterocycles. The number of sulfonamides is 1. The summed E-state index contributed by atoms with van der Waals surface area (Å²) in [5, 5.41) is 2.60. The Morgan fingerprint density at radius 1 is 1.25 bits per heavy atom. The molecule has 0 bridgehead atoms. The van der Waals surface area contributed by atoms with Crippen LogP contribution in [0.1, 0.15) is 20.3 Å². The Kier molecular flexibility index (Phi) is 7.58. The van der Waals surface area contributed by atoms with Crippen molar-refractivity contribution < 1.29 is 13.2 Å². The standard InChI is InChI=1S/C14H24N2O3S/c1-3-15-12-13(2)20(17,18)16-10-7-11-19-14-8-5-4-6-9-14/h4-6,8-9,13,15-16H,3,7,10-12H2,1-2H3. The second-order valence-electron chi connectivity index (χ2n) is 4.57. The van der Waals surface area contributed by atoms with E-state index < -0.39 is 15.3 Å². The van der Waals surface area contributed by atoms with Crippen molar-refractivity contribution in [2.24, 2.45) is 0 Å². The van der Waals surface area contributed by atoms with E-state index in [0.717, 1.165) is 12.3 Å². The maximum Gasteiger partial charge on any atom is 0.215 e. The van der Waals surface area contributed by atoms with Crippen LogP contribution in [0, 0.1) is 0 Å². The van der Waals surface area contributed by atoms with E-state index in [1.54, 1.807) is 6.92 Å². The minimum absolute atomic E-state index is 0.394. The fourth-order valence-corrected chi connectivity index (χ4v) is 2.64. The average molecular weight is 300 g/mol. The van der Waals surface area contributed by atoms with Crippen molar-refractivity contribution in [3.63, 3.8) is 0 Å². The maximum absolute atomic E-state index is 11.9. The van der Waals surface area contributed by atoms with Gasteiger partial charge < -0.3 is 10.1 Å². The van der Waals surface area contributed by atoms with Crippen molar-refractivity contribution in [1.82, 2.24) is 10.0 Å². The molecule has 0 radical (unpaired) electrons. The molecule has 5 nitrogen and oxygen atoms in total. The highest BCUT2D eigenvalue weighted by molar-refractivity contribution is 7.90. The summed E-state index contributed by atoms with van der Waals surface area (Å²) in [5.41, 5.74) is 0. The van der Waals surface area contributed by atoms with Gasteiger partial charge in [0.15, 0.2) is 0 Å². The van der Waals surface area contributed by atoms with Gasteiger partial charge >= 0.3 is 0 Å². The monoisotopic (exact) mass is 300 g/mol. The summed E-state index contributed by atoms with van der Waals surface area (Å²) in [6, 6.07) is 9.49. The van der Waals surface area contributed by atoms with Crippen molar-refractivity contribution in [2.45, 2.75) is 25.5 Å². The summed E-state index contributed by atoms with van der Waals surface area (Å²) in [4.78, 5) is 0. The fourth-order valence-electron chi connectivity index (χ4n) is 1.59. The molecule has 1 unspecified atom stereocenters. The quantitative estimate of drug-likeness (QED) is 0.641. The first-order chi connectivity index (χ1) is 9.56. The van der Waals surface area contributed by atoms with Crippen molar-refractivity contribution in [3.05, 3.63) is 30.3 Å². The van der Waals surface area contributed by atoms with Crippen LogP contribution in [0.4, 0.5) is 0 Å². The van der Waals surface area contributed by atoms with Crippen LogP contribution in [-0.4, -0.2) is 39.9 Å². The van der Waals surface area contributed by atoms with Gasteiger partial charge in [0.25, 0.3) is 0 Å². The molecule has 1 atom stereocenters.